The third-order valence-electron chi connectivity index (χ3n) is 2.37. The van der Waals surface area contributed by atoms with Crippen LogP contribution in [-0.4, -0.2) is 28.8 Å². The van der Waals surface area contributed by atoms with E-state index < -0.39 is 0 Å². The van der Waals surface area contributed by atoms with Crippen molar-refractivity contribution in [2.45, 2.75) is 6.54 Å². The first-order valence-corrected chi connectivity index (χ1v) is 5.86. The summed E-state index contributed by atoms with van der Waals surface area (Å²) in [6.45, 7) is 0.900. The Bertz CT molecular complexity index is 511. The van der Waals surface area contributed by atoms with Crippen LogP contribution in [0.1, 0.15) is 0 Å². The molecule has 0 aliphatic carbocycles. The maximum Gasteiger partial charge on any atom is 0.241 e. The summed E-state index contributed by atoms with van der Waals surface area (Å²) in [4.78, 5) is 11.5. The van der Waals surface area contributed by atoms with Crippen LogP contribution in [0, 0.1) is 5.82 Å². The lowest BCUT2D eigenvalue weighted by molar-refractivity contribution is -0.121. The molecule has 5 nitrogen and oxygen atoms in total. The smallest absolute Gasteiger partial charge is 0.241 e. The third-order valence-corrected chi connectivity index (χ3v) is 2.37. The van der Waals surface area contributed by atoms with Crippen LogP contribution in [0.5, 0.6) is 5.75 Å². The summed E-state index contributed by atoms with van der Waals surface area (Å²) in [6, 6.07) is 7.49. The predicted molar refractivity (Wildman–Crippen MR) is 67.1 cm³/mol. The Morgan fingerprint density at radius 3 is 2.84 bits per heavy atom. The summed E-state index contributed by atoms with van der Waals surface area (Å²) in [5.41, 5.74) is 0. The highest BCUT2D eigenvalue weighted by atomic mass is 19.1. The number of ether oxygens (including phenoxy) is 1. The summed E-state index contributed by atoms with van der Waals surface area (Å²) >= 11 is 0. The molecule has 0 aliphatic heterocycles. The Hall–Kier alpha value is -2.37. The van der Waals surface area contributed by atoms with E-state index in [1.807, 2.05) is 0 Å². The van der Waals surface area contributed by atoms with E-state index in [0.717, 1.165) is 0 Å². The van der Waals surface area contributed by atoms with Crippen LogP contribution < -0.4 is 10.1 Å². The van der Waals surface area contributed by atoms with Gasteiger partial charge in [-0.3, -0.25) is 9.48 Å². The van der Waals surface area contributed by atoms with Gasteiger partial charge >= 0.3 is 0 Å². The molecule has 0 saturated heterocycles. The van der Waals surface area contributed by atoms with E-state index >= 15 is 0 Å². The summed E-state index contributed by atoms with van der Waals surface area (Å²) in [6.07, 6.45) is 3.33. The first-order valence-electron chi connectivity index (χ1n) is 5.86. The third kappa shape index (κ3) is 4.42. The maximum atomic E-state index is 12.6. The number of nitrogens with zero attached hydrogens (tertiary/aromatic N) is 2. The normalized spacial score (nSPS) is 10.2. The molecule has 19 heavy (non-hydrogen) atoms. The molecule has 2 aromatic rings. The molecule has 2 rings (SSSR count). The number of carbonyl (C=O) groups is 1. The van der Waals surface area contributed by atoms with Crippen molar-refractivity contribution in [2.24, 2.45) is 0 Å². The van der Waals surface area contributed by atoms with Gasteiger partial charge in [0.1, 0.15) is 24.7 Å². The molecule has 1 aromatic heterocycles. The second-order valence-corrected chi connectivity index (χ2v) is 3.86. The topological polar surface area (TPSA) is 56.2 Å². The zero-order valence-electron chi connectivity index (χ0n) is 10.3. The average Bonchev–Trinajstić information content (AvgIpc) is 2.89. The second-order valence-electron chi connectivity index (χ2n) is 3.86. The predicted octanol–water partition coefficient (Wildman–Crippen LogP) is 1.22. The van der Waals surface area contributed by atoms with Gasteiger partial charge in [-0.05, 0) is 30.3 Å². The SMILES string of the molecule is O=C(Cn1cccn1)NCCOc1ccc(F)cc1. The molecular formula is C13H14FN3O2. The van der Waals surface area contributed by atoms with Crippen molar-refractivity contribution < 1.29 is 13.9 Å². The quantitative estimate of drug-likeness (QED) is 0.797. The van der Waals surface area contributed by atoms with Gasteiger partial charge in [-0.1, -0.05) is 0 Å². The van der Waals surface area contributed by atoms with Crippen molar-refractivity contribution in [1.82, 2.24) is 15.1 Å². The van der Waals surface area contributed by atoms with Crippen molar-refractivity contribution in [2.75, 3.05) is 13.2 Å². The fraction of sp³-hybridized carbons (Fsp3) is 0.231. The highest BCUT2D eigenvalue weighted by molar-refractivity contribution is 5.75. The molecular weight excluding hydrogens is 249 g/mol. The number of halogens is 1. The monoisotopic (exact) mass is 263 g/mol. The second kappa shape index (κ2) is 6.53. The molecule has 1 N–H and O–H groups in total. The number of hydrogen-bond acceptors (Lipinski definition) is 3. The van der Waals surface area contributed by atoms with Crippen LogP contribution in [0.15, 0.2) is 42.7 Å². The van der Waals surface area contributed by atoms with Gasteiger partial charge in [0.05, 0.1) is 6.54 Å². The lowest BCUT2D eigenvalue weighted by atomic mass is 10.3. The van der Waals surface area contributed by atoms with Crippen LogP contribution in [0.25, 0.3) is 0 Å². The zero-order valence-corrected chi connectivity index (χ0v) is 10.3. The van der Waals surface area contributed by atoms with Crippen LogP contribution in [0.3, 0.4) is 0 Å². The molecule has 6 heteroatoms. The Morgan fingerprint density at radius 2 is 2.16 bits per heavy atom. The highest BCUT2D eigenvalue weighted by Gasteiger charge is 2.02. The molecule has 1 amide bonds. The summed E-state index contributed by atoms with van der Waals surface area (Å²) < 4.78 is 19.5. The largest absolute Gasteiger partial charge is 0.492 e. The Labute approximate surface area is 110 Å². The molecule has 1 heterocycles. The van der Waals surface area contributed by atoms with Gasteiger partial charge in [0, 0.05) is 12.4 Å². The molecule has 0 unspecified atom stereocenters. The van der Waals surface area contributed by atoms with Gasteiger partial charge in [0.25, 0.3) is 0 Å². The van der Waals surface area contributed by atoms with Crippen LogP contribution in [0.2, 0.25) is 0 Å². The lowest BCUT2D eigenvalue weighted by Gasteiger charge is -2.07. The van der Waals surface area contributed by atoms with E-state index in [-0.39, 0.29) is 18.3 Å². The minimum atomic E-state index is -0.306. The van der Waals surface area contributed by atoms with E-state index in [0.29, 0.717) is 18.9 Å². The van der Waals surface area contributed by atoms with E-state index in [9.17, 15) is 9.18 Å². The summed E-state index contributed by atoms with van der Waals surface area (Å²) in [5.74, 6) is 0.133. The van der Waals surface area contributed by atoms with E-state index in [1.54, 1.807) is 30.6 Å². The number of benzene rings is 1. The molecule has 0 fully saturated rings. The summed E-state index contributed by atoms with van der Waals surface area (Å²) in [7, 11) is 0. The van der Waals surface area contributed by atoms with E-state index in [2.05, 4.69) is 10.4 Å². The van der Waals surface area contributed by atoms with Crippen molar-refractivity contribution in [1.29, 1.82) is 0 Å². The fourth-order valence-electron chi connectivity index (χ4n) is 1.49. The van der Waals surface area contributed by atoms with Crippen molar-refractivity contribution >= 4 is 5.91 Å². The molecule has 0 atom stereocenters. The van der Waals surface area contributed by atoms with Gasteiger partial charge < -0.3 is 10.1 Å². The molecule has 0 radical (unpaired) electrons. The zero-order chi connectivity index (χ0) is 13.5. The van der Waals surface area contributed by atoms with Gasteiger partial charge in [-0.2, -0.15) is 5.10 Å². The number of amides is 1. The molecule has 100 valence electrons. The fourth-order valence-corrected chi connectivity index (χ4v) is 1.49. The molecule has 1 aromatic carbocycles. The van der Waals surface area contributed by atoms with Gasteiger partial charge in [-0.15, -0.1) is 0 Å². The van der Waals surface area contributed by atoms with E-state index in [4.69, 9.17) is 4.74 Å². The van der Waals surface area contributed by atoms with Crippen molar-refractivity contribution in [3.8, 4) is 5.75 Å². The number of hydrogen-bond donors (Lipinski definition) is 1. The van der Waals surface area contributed by atoms with Gasteiger partial charge in [0.2, 0.25) is 5.91 Å². The first kappa shape index (κ1) is 13.1. The van der Waals surface area contributed by atoms with Crippen molar-refractivity contribution in [3.63, 3.8) is 0 Å². The maximum absolute atomic E-state index is 12.6. The van der Waals surface area contributed by atoms with Crippen molar-refractivity contribution in [3.05, 3.63) is 48.5 Å². The molecule has 0 aliphatic rings. The lowest BCUT2D eigenvalue weighted by Crippen LogP contribution is -2.31. The van der Waals surface area contributed by atoms with Gasteiger partial charge in [-0.25, -0.2) is 4.39 Å². The first-order chi connectivity index (χ1) is 9.24. The number of rotatable bonds is 6. The van der Waals surface area contributed by atoms with E-state index in [1.165, 1.54) is 16.8 Å². The number of nitrogens with one attached hydrogen (secondary N) is 1. The van der Waals surface area contributed by atoms with Crippen LogP contribution in [0.4, 0.5) is 4.39 Å². The van der Waals surface area contributed by atoms with Gasteiger partial charge in [0.15, 0.2) is 0 Å². The Balaban J connectivity index is 1.64. The Morgan fingerprint density at radius 1 is 1.37 bits per heavy atom. The molecule has 0 spiro atoms. The number of carbonyl (C=O) groups excluding carboxylic acids is 1. The van der Waals surface area contributed by atoms with Crippen LogP contribution >= 0.6 is 0 Å². The molecule has 0 saturated carbocycles. The minimum absolute atomic E-state index is 0.133. The average molecular weight is 263 g/mol. The van der Waals surface area contributed by atoms with Crippen LogP contribution in [-0.2, 0) is 11.3 Å². The minimum Gasteiger partial charge on any atom is -0.492 e. The summed E-state index contributed by atoms with van der Waals surface area (Å²) in [5, 5.41) is 6.63. The highest BCUT2D eigenvalue weighted by Crippen LogP contribution is 2.10. The number of aromatic nitrogens is 2. The Kier molecular flexibility index (Phi) is 4.49. The molecule has 0 bridgehead atoms. The standard InChI is InChI=1S/C13H14FN3O2/c14-11-2-4-12(5-3-11)19-9-7-15-13(18)10-17-8-1-6-16-17/h1-6,8H,7,9-10H2,(H,15,18).